The Morgan fingerprint density at radius 2 is 1.81 bits per heavy atom. The molecule has 2 rings (SSSR count). The van der Waals surface area contributed by atoms with Crippen molar-refractivity contribution in [2.24, 2.45) is 0 Å². The molecule has 8 nitrogen and oxygen atoms in total. The average Bonchev–Trinajstić information content (AvgIpc) is 2.65. The lowest BCUT2D eigenvalue weighted by molar-refractivity contribution is -0.384. The van der Waals surface area contributed by atoms with E-state index in [1.54, 1.807) is 6.07 Å². The van der Waals surface area contributed by atoms with Gasteiger partial charge in [0.2, 0.25) is 5.78 Å². The van der Waals surface area contributed by atoms with Gasteiger partial charge in [0.25, 0.3) is 5.69 Å². The molecule has 0 aliphatic carbocycles. The molecular weight excluding hydrogens is 366 g/mol. The second-order valence-electron chi connectivity index (χ2n) is 4.99. The molecule has 0 fully saturated rings. The van der Waals surface area contributed by atoms with E-state index in [4.69, 9.17) is 25.8 Å². The third kappa shape index (κ3) is 4.28. The number of nitro benzene ring substituents is 1. The first kappa shape index (κ1) is 19.2. The van der Waals surface area contributed by atoms with Crippen LogP contribution in [0.2, 0.25) is 5.02 Å². The molecule has 0 aliphatic rings. The van der Waals surface area contributed by atoms with Crippen molar-refractivity contribution in [3.63, 3.8) is 0 Å². The van der Waals surface area contributed by atoms with E-state index in [0.29, 0.717) is 5.75 Å². The number of nitrogens with zero attached hydrogens (tertiary/aromatic N) is 1. The zero-order chi connectivity index (χ0) is 19.3. The third-order valence-corrected chi connectivity index (χ3v) is 3.75. The van der Waals surface area contributed by atoms with Crippen LogP contribution in [0.4, 0.5) is 5.69 Å². The summed E-state index contributed by atoms with van der Waals surface area (Å²) in [6, 6.07) is 7.93. The Morgan fingerprint density at radius 3 is 2.42 bits per heavy atom. The standard InChI is InChI=1S/C17H14ClNO7/c1-24-11-4-5-12(16(8-11)25-2)15(20)9-26-17(21)13-7-10(19(22)23)3-6-14(13)18/h3-8H,9H2,1-2H3. The van der Waals surface area contributed by atoms with Gasteiger partial charge in [0.05, 0.1) is 35.3 Å². The van der Waals surface area contributed by atoms with Gasteiger partial charge in [0.15, 0.2) is 6.61 Å². The SMILES string of the molecule is COc1ccc(C(=O)COC(=O)c2cc([N+](=O)[O-])ccc2Cl)c(OC)c1. The van der Waals surface area contributed by atoms with E-state index in [9.17, 15) is 19.7 Å². The van der Waals surface area contributed by atoms with Crippen LogP contribution in [0.3, 0.4) is 0 Å². The van der Waals surface area contributed by atoms with Crippen LogP contribution in [0.25, 0.3) is 0 Å². The summed E-state index contributed by atoms with van der Waals surface area (Å²) in [7, 11) is 2.86. The second kappa shape index (κ2) is 8.30. The minimum absolute atomic E-state index is 0.0184. The fraction of sp³-hybridized carbons (Fsp3) is 0.176. The number of esters is 1. The van der Waals surface area contributed by atoms with Crippen molar-refractivity contribution < 1.29 is 28.7 Å². The lowest BCUT2D eigenvalue weighted by Gasteiger charge is -2.10. The van der Waals surface area contributed by atoms with Gasteiger partial charge in [-0.3, -0.25) is 14.9 Å². The molecule has 0 heterocycles. The van der Waals surface area contributed by atoms with E-state index in [-0.39, 0.29) is 27.6 Å². The van der Waals surface area contributed by atoms with Crippen molar-refractivity contribution in [3.8, 4) is 11.5 Å². The zero-order valence-electron chi connectivity index (χ0n) is 13.9. The number of benzene rings is 2. The number of carbonyl (C=O) groups excluding carboxylic acids is 2. The predicted octanol–water partition coefficient (Wildman–Crippen LogP) is 3.31. The van der Waals surface area contributed by atoms with Gasteiger partial charge in [-0.05, 0) is 18.2 Å². The number of hydrogen-bond donors (Lipinski definition) is 0. The van der Waals surface area contributed by atoms with Crippen molar-refractivity contribution in [2.75, 3.05) is 20.8 Å². The molecule has 0 aliphatic heterocycles. The molecule has 0 saturated heterocycles. The number of carbonyl (C=O) groups is 2. The molecule has 0 aromatic heterocycles. The van der Waals surface area contributed by atoms with Crippen LogP contribution in [-0.4, -0.2) is 37.5 Å². The maximum absolute atomic E-state index is 12.3. The van der Waals surface area contributed by atoms with Gasteiger partial charge in [-0.2, -0.15) is 0 Å². The highest BCUT2D eigenvalue weighted by molar-refractivity contribution is 6.33. The lowest BCUT2D eigenvalue weighted by atomic mass is 10.1. The number of hydrogen-bond acceptors (Lipinski definition) is 7. The van der Waals surface area contributed by atoms with Crippen LogP contribution >= 0.6 is 11.6 Å². The van der Waals surface area contributed by atoms with Gasteiger partial charge in [0.1, 0.15) is 11.5 Å². The number of nitro groups is 1. The predicted molar refractivity (Wildman–Crippen MR) is 92.3 cm³/mol. The number of non-ortho nitro benzene ring substituents is 1. The number of Topliss-reactive ketones (excluding diaryl/α,β-unsaturated/α-hetero) is 1. The first-order valence-electron chi connectivity index (χ1n) is 7.23. The second-order valence-corrected chi connectivity index (χ2v) is 5.39. The van der Waals surface area contributed by atoms with Crippen LogP contribution in [-0.2, 0) is 4.74 Å². The van der Waals surface area contributed by atoms with E-state index < -0.39 is 23.3 Å². The summed E-state index contributed by atoms with van der Waals surface area (Å²) in [5.41, 5.74) is -0.314. The summed E-state index contributed by atoms with van der Waals surface area (Å²) in [6.07, 6.45) is 0. The molecule has 2 aromatic rings. The van der Waals surface area contributed by atoms with Crippen molar-refractivity contribution in [1.82, 2.24) is 0 Å². The smallest absolute Gasteiger partial charge is 0.340 e. The number of ether oxygens (including phenoxy) is 3. The molecule has 0 atom stereocenters. The van der Waals surface area contributed by atoms with Gasteiger partial charge < -0.3 is 14.2 Å². The first-order chi connectivity index (χ1) is 12.4. The molecule has 0 bridgehead atoms. The first-order valence-corrected chi connectivity index (χ1v) is 7.61. The highest BCUT2D eigenvalue weighted by Gasteiger charge is 2.20. The summed E-state index contributed by atoms with van der Waals surface area (Å²) < 4.78 is 15.1. The van der Waals surface area contributed by atoms with Crippen molar-refractivity contribution in [2.45, 2.75) is 0 Å². The number of methoxy groups -OCH3 is 2. The molecule has 0 spiro atoms. The van der Waals surface area contributed by atoms with Crippen LogP contribution in [0.5, 0.6) is 11.5 Å². The van der Waals surface area contributed by atoms with Crippen molar-refractivity contribution in [3.05, 3.63) is 62.7 Å². The Morgan fingerprint density at radius 1 is 1.08 bits per heavy atom. The molecule has 9 heteroatoms. The average molecular weight is 380 g/mol. The van der Waals surface area contributed by atoms with E-state index in [1.807, 2.05) is 0 Å². The fourth-order valence-corrected chi connectivity index (χ4v) is 2.29. The van der Waals surface area contributed by atoms with Crippen LogP contribution < -0.4 is 9.47 Å². The van der Waals surface area contributed by atoms with Gasteiger partial charge in [-0.25, -0.2) is 4.79 Å². The number of ketones is 1. The van der Waals surface area contributed by atoms with Crippen LogP contribution in [0, 0.1) is 10.1 Å². The molecule has 0 N–H and O–H groups in total. The van der Waals surface area contributed by atoms with Gasteiger partial charge in [-0.1, -0.05) is 11.6 Å². The summed E-state index contributed by atoms with van der Waals surface area (Å²) in [4.78, 5) is 34.5. The van der Waals surface area contributed by atoms with E-state index in [2.05, 4.69) is 0 Å². The largest absolute Gasteiger partial charge is 0.497 e. The monoisotopic (exact) mass is 379 g/mol. The molecule has 0 amide bonds. The molecular formula is C17H14ClNO7. The molecule has 0 unspecified atom stereocenters. The van der Waals surface area contributed by atoms with Crippen LogP contribution in [0.15, 0.2) is 36.4 Å². The van der Waals surface area contributed by atoms with E-state index in [0.717, 1.165) is 12.1 Å². The van der Waals surface area contributed by atoms with Crippen molar-refractivity contribution in [1.29, 1.82) is 0 Å². The van der Waals surface area contributed by atoms with Crippen molar-refractivity contribution >= 4 is 29.0 Å². The minimum atomic E-state index is -0.945. The molecule has 0 radical (unpaired) electrons. The zero-order valence-corrected chi connectivity index (χ0v) is 14.6. The summed E-state index contributed by atoms with van der Waals surface area (Å²) >= 11 is 5.87. The highest BCUT2D eigenvalue weighted by Crippen LogP contribution is 2.26. The summed E-state index contributed by atoms with van der Waals surface area (Å²) in [6.45, 7) is -0.583. The van der Waals surface area contributed by atoms with Gasteiger partial charge >= 0.3 is 5.97 Å². The quantitative estimate of drug-likeness (QED) is 0.314. The van der Waals surface area contributed by atoms with Crippen LogP contribution in [0.1, 0.15) is 20.7 Å². The minimum Gasteiger partial charge on any atom is -0.497 e. The summed E-state index contributed by atoms with van der Waals surface area (Å²) in [5.74, 6) is -0.698. The highest BCUT2D eigenvalue weighted by atomic mass is 35.5. The molecule has 136 valence electrons. The molecule has 2 aromatic carbocycles. The molecule has 0 saturated carbocycles. The maximum atomic E-state index is 12.3. The normalized spacial score (nSPS) is 10.1. The van der Waals surface area contributed by atoms with Gasteiger partial charge in [0, 0.05) is 18.2 Å². The Hall–Kier alpha value is -3.13. The fourth-order valence-electron chi connectivity index (χ4n) is 2.10. The van der Waals surface area contributed by atoms with E-state index in [1.165, 1.54) is 32.4 Å². The Balaban J connectivity index is 2.14. The Kier molecular flexibility index (Phi) is 6.13. The summed E-state index contributed by atoms with van der Waals surface area (Å²) in [5, 5.41) is 10.8. The molecule has 26 heavy (non-hydrogen) atoms. The maximum Gasteiger partial charge on any atom is 0.340 e. The third-order valence-electron chi connectivity index (χ3n) is 3.42. The number of rotatable bonds is 7. The topological polar surface area (TPSA) is 105 Å². The van der Waals surface area contributed by atoms with Gasteiger partial charge in [-0.15, -0.1) is 0 Å². The number of halogens is 1. The Bertz CT molecular complexity index is 866. The van der Waals surface area contributed by atoms with E-state index >= 15 is 0 Å². The lowest BCUT2D eigenvalue weighted by Crippen LogP contribution is -2.15. The Labute approximate surface area is 153 Å².